The van der Waals surface area contributed by atoms with Crippen LogP contribution in [0.2, 0.25) is 0 Å². The number of carbonyl (C=O) groups is 1. The Bertz CT molecular complexity index is 1580. The molecule has 0 unspecified atom stereocenters. The molecular formula is C37H41F3O6. The van der Waals surface area contributed by atoms with Gasteiger partial charge in [0.1, 0.15) is 23.7 Å². The third-order valence-electron chi connectivity index (χ3n) is 9.90. The number of aliphatic hydroxyl groups is 1. The highest BCUT2D eigenvalue weighted by Gasteiger charge is 2.38. The number of rotatable bonds is 9. The summed E-state index contributed by atoms with van der Waals surface area (Å²) in [5.74, 6) is 1.17. The summed E-state index contributed by atoms with van der Waals surface area (Å²) in [5, 5.41) is 10.8. The Morgan fingerprint density at radius 3 is 2.41 bits per heavy atom. The number of hydrogen-bond acceptors (Lipinski definition) is 6. The minimum Gasteiger partial charge on any atom is -0.493 e. The van der Waals surface area contributed by atoms with E-state index in [4.69, 9.17) is 18.9 Å². The molecule has 0 amide bonds. The van der Waals surface area contributed by atoms with Crippen molar-refractivity contribution in [1.29, 1.82) is 0 Å². The molecule has 246 valence electrons. The van der Waals surface area contributed by atoms with E-state index >= 15 is 0 Å². The van der Waals surface area contributed by atoms with E-state index in [0.29, 0.717) is 61.5 Å². The summed E-state index contributed by atoms with van der Waals surface area (Å²) in [6.45, 7) is 5.15. The summed E-state index contributed by atoms with van der Waals surface area (Å²) in [4.78, 5) is 11.8. The molecule has 6 rings (SSSR count). The van der Waals surface area contributed by atoms with Crippen molar-refractivity contribution in [2.24, 2.45) is 0 Å². The van der Waals surface area contributed by atoms with Crippen LogP contribution in [0.4, 0.5) is 13.2 Å². The highest BCUT2D eigenvalue weighted by molar-refractivity contribution is 5.80. The Morgan fingerprint density at radius 1 is 1.00 bits per heavy atom. The molecule has 3 aromatic rings. The summed E-state index contributed by atoms with van der Waals surface area (Å²) in [7, 11) is 1.38. The molecule has 0 radical (unpaired) electrons. The number of hydrogen-bond donors (Lipinski definition) is 1. The molecule has 2 aliphatic heterocycles. The number of esters is 1. The first kappa shape index (κ1) is 32.4. The fourth-order valence-corrected chi connectivity index (χ4v) is 7.40. The Morgan fingerprint density at radius 2 is 1.72 bits per heavy atom. The van der Waals surface area contributed by atoms with Crippen LogP contribution in [0.5, 0.6) is 11.5 Å². The molecule has 6 nitrogen and oxygen atoms in total. The van der Waals surface area contributed by atoms with E-state index in [1.165, 1.54) is 13.2 Å². The molecule has 0 spiro atoms. The molecule has 2 atom stereocenters. The topological polar surface area (TPSA) is 74.2 Å². The number of ether oxygens (including phenoxy) is 4. The second kappa shape index (κ2) is 12.9. The number of aryl methyl sites for hydroxylation is 3. The van der Waals surface area contributed by atoms with Crippen molar-refractivity contribution in [3.8, 4) is 22.6 Å². The molecule has 0 aromatic heterocycles. The predicted octanol–water partition coefficient (Wildman–Crippen LogP) is 7.61. The molecule has 9 heteroatoms. The van der Waals surface area contributed by atoms with Crippen LogP contribution >= 0.6 is 0 Å². The lowest BCUT2D eigenvalue weighted by molar-refractivity contribution is -0.141. The SMILES string of the molecule is COC(=O)C[C@@H]1COc2cc(CC[C@@H]3CCc4c3ccc(C(F)(F)F)c4-c3c(C)cc(OCC4(O)CCOCC4)cc3C)ccc21. The van der Waals surface area contributed by atoms with Gasteiger partial charge in [-0.1, -0.05) is 18.2 Å². The Kier molecular flexibility index (Phi) is 9.09. The zero-order valence-corrected chi connectivity index (χ0v) is 26.6. The van der Waals surface area contributed by atoms with Crippen LogP contribution in [0.3, 0.4) is 0 Å². The molecule has 0 saturated carbocycles. The van der Waals surface area contributed by atoms with E-state index in [0.717, 1.165) is 47.3 Å². The van der Waals surface area contributed by atoms with Gasteiger partial charge >= 0.3 is 12.1 Å². The van der Waals surface area contributed by atoms with Crippen molar-refractivity contribution in [1.82, 2.24) is 0 Å². The Hall–Kier alpha value is -3.56. The quantitative estimate of drug-likeness (QED) is 0.243. The second-order valence-electron chi connectivity index (χ2n) is 13.0. The molecule has 0 bridgehead atoms. The van der Waals surface area contributed by atoms with Gasteiger partial charge < -0.3 is 24.1 Å². The predicted molar refractivity (Wildman–Crippen MR) is 168 cm³/mol. The van der Waals surface area contributed by atoms with Crippen molar-refractivity contribution >= 4 is 5.97 Å². The molecule has 3 aromatic carbocycles. The summed E-state index contributed by atoms with van der Waals surface area (Å²) < 4.78 is 65.5. The van der Waals surface area contributed by atoms with Crippen LogP contribution in [0.25, 0.3) is 11.1 Å². The highest BCUT2D eigenvalue weighted by atomic mass is 19.4. The molecule has 1 saturated heterocycles. The Labute approximate surface area is 267 Å². The summed E-state index contributed by atoms with van der Waals surface area (Å²) in [6, 6.07) is 12.6. The molecular weight excluding hydrogens is 597 g/mol. The van der Waals surface area contributed by atoms with Crippen molar-refractivity contribution in [3.05, 3.63) is 81.4 Å². The first-order chi connectivity index (χ1) is 22.0. The minimum absolute atomic E-state index is 0.0229. The van der Waals surface area contributed by atoms with E-state index in [2.05, 4.69) is 6.07 Å². The fraction of sp³-hybridized carbons (Fsp3) is 0.486. The number of fused-ring (bicyclic) bond motifs is 2. The van der Waals surface area contributed by atoms with Crippen molar-refractivity contribution in [3.63, 3.8) is 0 Å². The number of benzene rings is 3. The zero-order valence-electron chi connectivity index (χ0n) is 26.6. The smallest absolute Gasteiger partial charge is 0.417 e. The van der Waals surface area contributed by atoms with Gasteiger partial charge in [0.15, 0.2) is 0 Å². The second-order valence-corrected chi connectivity index (χ2v) is 13.0. The van der Waals surface area contributed by atoms with E-state index in [1.54, 1.807) is 18.2 Å². The van der Waals surface area contributed by atoms with Gasteiger partial charge in [-0.25, -0.2) is 0 Å². The van der Waals surface area contributed by atoms with Crippen molar-refractivity contribution < 1.29 is 42.0 Å². The maximum Gasteiger partial charge on any atom is 0.417 e. The van der Waals surface area contributed by atoms with Crippen LogP contribution in [0, 0.1) is 13.8 Å². The minimum atomic E-state index is -4.50. The van der Waals surface area contributed by atoms with Gasteiger partial charge in [0.05, 0.1) is 25.7 Å². The Balaban J connectivity index is 1.23. The van der Waals surface area contributed by atoms with Gasteiger partial charge in [0, 0.05) is 37.5 Å². The summed E-state index contributed by atoms with van der Waals surface area (Å²) in [6.07, 6.45) is -0.332. The fourth-order valence-electron chi connectivity index (χ4n) is 7.40. The first-order valence-corrected chi connectivity index (χ1v) is 16.1. The number of halogens is 3. The van der Waals surface area contributed by atoms with Crippen molar-refractivity contribution in [2.75, 3.05) is 33.5 Å². The van der Waals surface area contributed by atoms with E-state index < -0.39 is 17.3 Å². The largest absolute Gasteiger partial charge is 0.493 e. The number of alkyl halides is 3. The molecule has 1 fully saturated rings. The average Bonchev–Trinajstić information content (AvgIpc) is 3.62. The summed E-state index contributed by atoms with van der Waals surface area (Å²) in [5.41, 5.74) is 4.58. The van der Waals surface area contributed by atoms with Gasteiger partial charge in [-0.2, -0.15) is 13.2 Å². The zero-order chi connectivity index (χ0) is 32.6. The summed E-state index contributed by atoms with van der Waals surface area (Å²) >= 11 is 0. The van der Waals surface area contributed by atoms with Crippen LogP contribution in [0.1, 0.15) is 82.9 Å². The van der Waals surface area contributed by atoms with Gasteiger partial charge in [-0.15, -0.1) is 0 Å². The third-order valence-corrected chi connectivity index (χ3v) is 9.90. The molecule has 1 aliphatic carbocycles. The molecule has 2 heterocycles. The third kappa shape index (κ3) is 6.63. The van der Waals surface area contributed by atoms with Crippen LogP contribution in [-0.4, -0.2) is 50.2 Å². The first-order valence-electron chi connectivity index (χ1n) is 16.1. The van der Waals surface area contributed by atoms with Gasteiger partial charge in [0.2, 0.25) is 0 Å². The molecule has 3 aliphatic rings. The standard InChI is InChI=1S/C37H41F3O6/c1-22-16-27(46-21-36(42)12-14-44-15-13-36)17-23(2)34(22)35-30-9-7-25(28(30)10-11-31(35)37(38,39)40)6-4-24-5-8-29-26(19-33(41)43-3)20-45-32(29)18-24/h5,8,10-11,16-18,25-26,42H,4,6-7,9,12-15,19-21H2,1-3H3/t25-,26-/m1/s1. The maximum absolute atomic E-state index is 14.5. The van der Waals surface area contributed by atoms with Crippen LogP contribution in [0.15, 0.2) is 42.5 Å². The van der Waals surface area contributed by atoms with E-state index in [9.17, 15) is 23.1 Å². The molecule has 46 heavy (non-hydrogen) atoms. The average molecular weight is 639 g/mol. The lowest BCUT2D eigenvalue weighted by atomic mass is 9.85. The molecule has 1 N–H and O–H groups in total. The highest BCUT2D eigenvalue weighted by Crippen LogP contribution is 2.49. The van der Waals surface area contributed by atoms with E-state index in [1.807, 2.05) is 26.0 Å². The van der Waals surface area contributed by atoms with E-state index in [-0.39, 0.29) is 36.4 Å². The monoisotopic (exact) mass is 638 g/mol. The van der Waals surface area contributed by atoms with Crippen LogP contribution in [-0.2, 0) is 33.3 Å². The van der Waals surface area contributed by atoms with Crippen molar-refractivity contribution in [2.45, 2.75) is 82.4 Å². The maximum atomic E-state index is 14.5. The number of carbonyl (C=O) groups excluding carboxylic acids is 1. The lowest BCUT2D eigenvalue weighted by Gasteiger charge is -2.31. The van der Waals surface area contributed by atoms with Gasteiger partial charge in [0.25, 0.3) is 0 Å². The van der Waals surface area contributed by atoms with Gasteiger partial charge in [-0.3, -0.25) is 4.79 Å². The lowest BCUT2D eigenvalue weighted by Crippen LogP contribution is -2.41. The van der Waals surface area contributed by atoms with Gasteiger partial charge in [-0.05, 0) is 109 Å². The van der Waals surface area contributed by atoms with Crippen LogP contribution < -0.4 is 9.47 Å². The number of methoxy groups -OCH3 is 1. The normalized spacial score (nSPS) is 20.2.